The molecule has 3 atom stereocenters. The van der Waals surface area contributed by atoms with E-state index in [2.05, 4.69) is 33.9 Å². The molecule has 146 valence electrons. The van der Waals surface area contributed by atoms with Crippen LogP contribution in [0.1, 0.15) is 61.3 Å². The molecule has 1 N–H and O–H groups in total. The molecule has 0 bridgehead atoms. The highest BCUT2D eigenvalue weighted by atomic mass is 28.4. The molecular formula is C18H35NO5Si. The third-order valence-electron chi connectivity index (χ3n) is 6.55. The normalized spacial score (nSPS) is 31.2. The first-order valence-electron chi connectivity index (χ1n) is 9.02. The minimum absolute atomic E-state index is 0.0908. The number of aliphatic carboxylic acids is 1. The molecule has 0 aromatic carbocycles. The van der Waals surface area contributed by atoms with Crippen molar-refractivity contribution in [1.29, 1.82) is 0 Å². The van der Waals surface area contributed by atoms with E-state index < -0.39 is 42.0 Å². The van der Waals surface area contributed by atoms with Crippen LogP contribution >= 0.6 is 0 Å². The van der Waals surface area contributed by atoms with Gasteiger partial charge in [-0.1, -0.05) is 27.7 Å². The molecule has 1 amide bonds. The van der Waals surface area contributed by atoms with E-state index in [0.29, 0.717) is 6.42 Å². The fourth-order valence-corrected chi connectivity index (χ4v) is 5.47. The van der Waals surface area contributed by atoms with Crippen molar-refractivity contribution in [2.45, 2.75) is 96.6 Å². The summed E-state index contributed by atoms with van der Waals surface area (Å²) in [6, 6.07) is 0. The summed E-state index contributed by atoms with van der Waals surface area (Å²) >= 11 is 0. The number of carboxylic acids is 1. The summed E-state index contributed by atoms with van der Waals surface area (Å²) in [6.45, 7) is 17.7. The first kappa shape index (κ1) is 22.1. The van der Waals surface area contributed by atoms with E-state index >= 15 is 0 Å². The number of carboxylic acid groups (broad SMARTS) is 2. The molecule has 1 rings (SSSR count). The maximum atomic E-state index is 12.5. The summed E-state index contributed by atoms with van der Waals surface area (Å²) in [5.74, 6) is -1.12. The predicted molar refractivity (Wildman–Crippen MR) is 97.6 cm³/mol. The van der Waals surface area contributed by atoms with Gasteiger partial charge in [0.2, 0.25) is 5.54 Å². The van der Waals surface area contributed by atoms with Gasteiger partial charge in [0.15, 0.2) is 8.32 Å². The zero-order chi connectivity index (χ0) is 20.1. The van der Waals surface area contributed by atoms with Crippen LogP contribution in [0.5, 0.6) is 0 Å². The van der Waals surface area contributed by atoms with Crippen molar-refractivity contribution in [1.82, 2.24) is 0 Å². The molecular weight excluding hydrogens is 338 g/mol. The van der Waals surface area contributed by atoms with Crippen LogP contribution in [0, 0.1) is 0 Å². The highest BCUT2D eigenvalue weighted by Gasteiger charge is 2.71. The SMILES string of the molecule is CC[C@@]1(C(=O)O)[C@H](O[Si](C)(C)C(C)(C)C)CC[N+]1(C(=O)[O-])C(C)(C)C. The van der Waals surface area contributed by atoms with Crippen LogP contribution in [-0.4, -0.2) is 53.7 Å². The molecule has 1 aliphatic rings. The summed E-state index contributed by atoms with van der Waals surface area (Å²) in [4.78, 5) is 24.8. The summed E-state index contributed by atoms with van der Waals surface area (Å²) in [5, 5.41) is 22.4. The molecule has 0 aliphatic carbocycles. The highest BCUT2D eigenvalue weighted by Crippen LogP contribution is 2.50. The van der Waals surface area contributed by atoms with Gasteiger partial charge in [-0.05, 0) is 38.9 Å². The number of hydrogen-bond donors (Lipinski definition) is 1. The predicted octanol–water partition coefficient (Wildman–Crippen LogP) is 2.97. The molecule has 1 aliphatic heterocycles. The minimum Gasteiger partial charge on any atom is -0.498 e. The average molecular weight is 374 g/mol. The second kappa shape index (κ2) is 6.35. The Bertz CT molecular complexity index is 549. The van der Waals surface area contributed by atoms with Crippen LogP contribution in [0.2, 0.25) is 18.1 Å². The number of carbonyl (C=O) groups excluding carboxylic acids is 1. The lowest BCUT2D eigenvalue weighted by Crippen LogP contribution is -2.79. The Kier molecular flexibility index (Phi) is 5.62. The van der Waals surface area contributed by atoms with Gasteiger partial charge in [-0.15, -0.1) is 0 Å². The summed E-state index contributed by atoms with van der Waals surface area (Å²) < 4.78 is 5.88. The van der Waals surface area contributed by atoms with Gasteiger partial charge in [0.1, 0.15) is 6.10 Å². The monoisotopic (exact) mass is 373 g/mol. The first-order valence-corrected chi connectivity index (χ1v) is 11.9. The zero-order valence-electron chi connectivity index (χ0n) is 17.2. The lowest BCUT2D eigenvalue weighted by atomic mass is 9.84. The number of quaternary nitrogens is 1. The minimum atomic E-state index is -2.26. The fourth-order valence-electron chi connectivity index (χ4n) is 4.10. The van der Waals surface area contributed by atoms with E-state index in [1.807, 2.05) is 0 Å². The summed E-state index contributed by atoms with van der Waals surface area (Å²) in [7, 11) is -2.26. The number of nitrogens with zero attached hydrogens (tertiary/aromatic N) is 1. The van der Waals surface area contributed by atoms with Crippen LogP contribution in [0.3, 0.4) is 0 Å². The smallest absolute Gasteiger partial charge is 0.368 e. The molecule has 0 radical (unpaired) electrons. The Hall–Kier alpha value is -0.923. The Balaban J connectivity index is 3.60. The van der Waals surface area contributed by atoms with E-state index in [0.717, 1.165) is 0 Å². The molecule has 1 saturated heterocycles. The molecule has 0 saturated carbocycles. The average Bonchev–Trinajstić information content (AvgIpc) is 2.72. The van der Waals surface area contributed by atoms with E-state index in [1.54, 1.807) is 27.7 Å². The standard InChI is InChI=1S/C18H35NO5Si/c1-10-18(14(20)21)13(24-25(8,9)17(5,6)7)11-12-19(18,15(22)23)16(2,3)4/h13H,10-12H2,1-9H3,(H-,20,21,22,23)/t13-,18+,19?/m1/s1. The second-order valence-corrected chi connectivity index (χ2v) is 14.5. The molecule has 0 aromatic heterocycles. The van der Waals surface area contributed by atoms with Gasteiger partial charge in [-0.25, -0.2) is 4.79 Å². The van der Waals surface area contributed by atoms with Crippen LogP contribution in [0.4, 0.5) is 4.79 Å². The first-order chi connectivity index (χ1) is 11.0. The van der Waals surface area contributed by atoms with Gasteiger partial charge in [-0.2, -0.15) is 0 Å². The topological polar surface area (TPSA) is 86.7 Å². The van der Waals surface area contributed by atoms with E-state index in [4.69, 9.17) is 4.43 Å². The molecule has 1 fully saturated rings. The molecule has 0 aromatic rings. The maximum absolute atomic E-state index is 12.5. The van der Waals surface area contributed by atoms with Gasteiger partial charge >= 0.3 is 5.97 Å². The highest BCUT2D eigenvalue weighted by molar-refractivity contribution is 6.74. The van der Waals surface area contributed by atoms with Crippen molar-refractivity contribution in [2.75, 3.05) is 6.54 Å². The molecule has 1 heterocycles. The van der Waals surface area contributed by atoms with E-state index in [9.17, 15) is 19.8 Å². The van der Waals surface area contributed by atoms with Gasteiger partial charge in [-0.3, -0.25) is 4.48 Å². The zero-order valence-corrected chi connectivity index (χ0v) is 18.2. The lowest BCUT2D eigenvalue weighted by molar-refractivity contribution is -0.947. The molecule has 25 heavy (non-hydrogen) atoms. The van der Waals surface area contributed by atoms with Crippen molar-refractivity contribution in [3.8, 4) is 0 Å². The largest absolute Gasteiger partial charge is 0.498 e. The van der Waals surface area contributed by atoms with Crippen molar-refractivity contribution < 1.29 is 28.7 Å². The van der Waals surface area contributed by atoms with Crippen molar-refractivity contribution in [2.24, 2.45) is 0 Å². The second-order valence-electron chi connectivity index (χ2n) is 9.71. The van der Waals surface area contributed by atoms with Crippen LogP contribution in [0.25, 0.3) is 0 Å². The van der Waals surface area contributed by atoms with E-state index in [1.165, 1.54) is 0 Å². The van der Waals surface area contributed by atoms with Crippen LogP contribution in [0.15, 0.2) is 0 Å². The van der Waals surface area contributed by atoms with Gasteiger partial charge in [0.05, 0.1) is 12.1 Å². The maximum Gasteiger partial charge on any atom is 0.368 e. The van der Waals surface area contributed by atoms with E-state index in [-0.39, 0.29) is 18.0 Å². The molecule has 1 unspecified atom stereocenters. The third kappa shape index (κ3) is 3.04. The van der Waals surface area contributed by atoms with Gasteiger partial charge in [0.25, 0.3) is 6.09 Å². The van der Waals surface area contributed by atoms with Gasteiger partial charge < -0.3 is 19.4 Å². The molecule has 6 nitrogen and oxygen atoms in total. The number of hydrogen-bond acceptors (Lipinski definition) is 4. The van der Waals surface area contributed by atoms with Crippen molar-refractivity contribution in [3.05, 3.63) is 0 Å². The number of likely N-dealkylation sites (tertiary alicyclic amines) is 1. The Labute approximate surface area is 152 Å². The Morgan fingerprint density at radius 3 is 2.00 bits per heavy atom. The number of amides is 1. The van der Waals surface area contributed by atoms with Crippen molar-refractivity contribution >= 4 is 20.4 Å². The Morgan fingerprint density at radius 1 is 1.24 bits per heavy atom. The van der Waals surface area contributed by atoms with Crippen LogP contribution < -0.4 is 5.11 Å². The number of rotatable bonds is 4. The lowest BCUT2D eigenvalue weighted by Gasteiger charge is -2.55. The van der Waals surface area contributed by atoms with Gasteiger partial charge in [0, 0.05) is 12.8 Å². The van der Waals surface area contributed by atoms with Crippen molar-refractivity contribution in [3.63, 3.8) is 0 Å². The third-order valence-corrected chi connectivity index (χ3v) is 11.0. The molecule has 0 spiro atoms. The fraction of sp³-hybridized carbons (Fsp3) is 0.889. The summed E-state index contributed by atoms with van der Waals surface area (Å²) in [5.41, 5.74) is -2.37. The summed E-state index contributed by atoms with van der Waals surface area (Å²) in [6.07, 6.45) is -1.41. The molecule has 7 heteroatoms. The number of carbonyl (C=O) groups is 2. The van der Waals surface area contributed by atoms with Crippen LogP contribution in [-0.2, 0) is 9.22 Å². The Morgan fingerprint density at radius 2 is 1.72 bits per heavy atom. The quantitative estimate of drug-likeness (QED) is 0.605.